The Morgan fingerprint density at radius 3 is 3.00 bits per heavy atom. The predicted molar refractivity (Wildman–Crippen MR) is 87.6 cm³/mol. The zero-order valence-electron chi connectivity index (χ0n) is 13.5. The maximum absolute atomic E-state index is 13.9. The molecule has 2 heterocycles. The van der Waals surface area contributed by atoms with Gasteiger partial charge in [-0.2, -0.15) is 0 Å². The average molecular weight is 342 g/mol. The van der Waals surface area contributed by atoms with Crippen LogP contribution < -0.4 is 9.64 Å². The van der Waals surface area contributed by atoms with Crippen molar-refractivity contribution in [3.8, 4) is 5.75 Å². The van der Waals surface area contributed by atoms with Gasteiger partial charge in [-0.1, -0.05) is 17.3 Å². The van der Waals surface area contributed by atoms with Gasteiger partial charge in [-0.15, -0.1) is 4.91 Å². The van der Waals surface area contributed by atoms with E-state index in [1.54, 1.807) is 6.07 Å². The molecule has 7 heteroatoms. The lowest BCUT2D eigenvalue weighted by atomic mass is 10.0. The van der Waals surface area contributed by atoms with Crippen LogP contribution >= 0.6 is 0 Å². The number of carbonyl (C=O) groups is 1. The van der Waals surface area contributed by atoms with Gasteiger partial charge in [0.2, 0.25) is 0 Å². The van der Waals surface area contributed by atoms with Crippen molar-refractivity contribution < 1.29 is 18.7 Å². The van der Waals surface area contributed by atoms with Crippen molar-refractivity contribution in [2.45, 2.75) is 26.1 Å². The van der Waals surface area contributed by atoms with E-state index in [0.29, 0.717) is 28.1 Å². The van der Waals surface area contributed by atoms with Crippen LogP contribution in [0.4, 0.5) is 10.1 Å². The van der Waals surface area contributed by atoms with Crippen LogP contribution in [0.2, 0.25) is 0 Å². The molecule has 0 radical (unpaired) electrons. The lowest BCUT2D eigenvalue weighted by Gasteiger charge is -2.24. The zero-order valence-corrected chi connectivity index (χ0v) is 13.5. The highest BCUT2D eigenvalue weighted by molar-refractivity contribution is 6.05. The fourth-order valence-corrected chi connectivity index (χ4v) is 3.45. The number of nitrogens with zero attached hydrogens (tertiary/aromatic N) is 2. The third kappa shape index (κ3) is 2.47. The van der Waals surface area contributed by atoms with Gasteiger partial charge in [0.15, 0.2) is 12.8 Å². The fourth-order valence-electron chi connectivity index (χ4n) is 3.45. The molecule has 2 aliphatic heterocycles. The highest BCUT2D eigenvalue weighted by Gasteiger charge is 2.40. The Morgan fingerprint density at radius 1 is 1.36 bits per heavy atom. The molecule has 2 aliphatic rings. The molecule has 2 aromatic rings. The third-order valence-electron chi connectivity index (χ3n) is 4.55. The van der Waals surface area contributed by atoms with Crippen LogP contribution in [0.3, 0.4) is 0 Å². The lowest BCUT2D eigenvalue weighted by molar-refractivity contribution is -0.119. The monoisotopic (exact) mass is 342 g/mol. The number of rotatable bonds is 3. The lowest BCUT2D eigenvalue weighted by Crippen LogP contribution is -2.28. The summed E-state index contributed by atoms with van der Waals surface area (Å²) < 4.78 is 24.6. The first-order valence-electron chi connectivity index (χ1n) is 7.85. The van der Waals surface area contributed by atoms with E-state index < -0.39 is 17.8 Å². The van der Waals surface area contributed by atoms with Gasteiger partial charge < -0.3 is 14.4 Å². The largest absolute Gasteiger partial charge is 0.467 e. The van der Waals surface area contributed by atoms with Gasteiger partial charge in [0.05, 0.1) is 18.8 Å². The Hall–Kier alpha value is -2.80. The molecule has 4 rings (SSSR count). The number of halogens is 1. The highest BCUT2D eigenvalue weighted by atomic mass is 19.1. The van der Waals surface area contributed by atoms with Crippen LogP contribution in [0.5, 0.6) is 5.75 Å². The summed E-state index contributed by atoms with van der Waals surface area (Å²) in [6.07, 6.45) is 0. The number of fused-ring (bicyclic) bond motifs is 2. The quantitative estimate of drug-likeness (QED) is 0.802. The second-order valence-corrected chi connectivity index (χ2v) is 6.10. The summed E-state index contributed by atoms with van der Waals surface area (Å²) in [4.78, 5) is 25.4. The molecular weight excluding hydrogens is 327 g/mol. The summed E-state index contributed by atoms with van der Waals surface area (Å²) in [6, 6.07) is 7.04. The maximum atomic E-state index is 13.9. The second kappa shape index (κ2) is 5.93. The summed E-state index contributed by atoms with van der Waals surface area (Å²) in [5.74, 6) is -0.314. The summed E-state index contributed by atoms with van der Waals surface area (Å²) >= 11 is 0. The number of amides is 1. The highest BCUT2D eigenvalue weighted by Crippen LogP contribution is 2.42. The van der Waals surface area contributed by atoms with Crippen molar-refractivity contribution in [2.75, 3.05) is 11.7 Å². The molecule has 6 nitrogen and oxygen atoms in total. The van der Waals surface area contributed by atoms with Crippen LogP contribution in [-0.4, -0.2) is 12.7 Å². The number of ether oxygens (including phenoxy) is 2. The molecule has 0 bridgehead atoms. The average Bonchev–Trinajstić information content (AvgIpc) is 2.88. The van der Waals surface area contributed by atoms with Gasteiger partial charge in [0.1, 0.15) is 11.6 Å². The number of hydrogen-bond acceptors (Lipinski definition) is 5. The van der Waals surface area contributed by atoms with Crippen molar-refractivity contribution in [1.82, 2.24) is 0 Å². The van der Waals surface area contributed by atoms with E-state index in [1.165, 1.54) is 17.0 Å². The molecular formula is C18H15FN2O4. The topological polar surface area (TPSA) is 68.2 Å². The maximum Gasteiger partial charge on any atom is 0.260 e. The van der Waals surface area contributed by atoms with Gasteiger partial charge in [-0.25, -0.2) is 4.39 Å². The first-order valence-corrected chi connectivity index (χ1v) is 7.85. The molecule has 128 valence electrons. The molecule has 0 fully saturated rings. The molecule has 0 saturated heterocycles. The van der Waals surface area contributed by atoms with Crippen LogP contribution in [-0.2, 0) is 22.7 Å². The van der Waals surface area contributed by atoms with Crippen LogP contribution in [0.25, 0.3) is 0 Å². The number of aryl methyl sites for hydroxylation is 1. The van der Waals surface area contributed by atoms with Crippen LogP contribution in [0, 0.1) is 17.6 Å². The van der Waals surface area contributed by atoms with Crippen molar-refractivity contribution in [3.05, 3.63) is 63.3 Å². The summed E-state index contributed by atoms with van der Waals surface area (Å²) in [6.45, 7) is 2.26. The zero-order chi connectivity index (χ0) is 17.6. The first-order chi connectivity index (χ1) is 12.1. The minimum Gasteiger partial charge on any atom is -0.467 e. The Bertz CT molecular complexity index is 884. The fraction of sp³-hybridized carbons (Fsp3) is 0.278. The van der Waals surface area contributed by atoms with E-state index in [4.69, 9.17) is 9.47 Å². The van der Waals surface area contributed by atoms with Crippen molar-refractivity contribution >= 4 is 11.6 Å². The molecule has 2 aromatic carbocycles. The second-order valence-electron chi connectivity index (χ2n) is 6.10. The summed E-state index contributed by atoms with van der Waals surface area (Å²) in [7, 11) is 0. The number of nitroso groups, excluding NO2 is 1. The molecule has 25 heavy (non-hydrogen) atoms. The summed E-state index contributed by atoms with van der Waals surface area (Å²) in [5.41, 5.74) is 3.19. The van der Waals surface area contributed by atoms with Gasteiger partial charge in [0, 0.05) is 16.7 Å². The van der Waals surface area contributed by atoms with Crippen LogP contribution in [0.1, 0.15) is 28.3 Å². The van der Waals surface area contributed by atoms with Gasteiger partial charge in [-0.05, 0) is 30.7 Å². The number of hydrogen-bond donors (Lipinski definition) is 0. The Morgan fingerprint density at radius 2 is 2.20 bits per heavy atom. The minimum absolute atomic E-state index is 0.0772. The molecule has 0 saturated carbocycles. The van der Waals surface area contributed by atoms with E-state index in [1.807, 2.05) is 19.1 Å². The van der Waals surface area contributed by atoms with E-state index in [9.17, 15) is 14.1 Å². The molecule has 0 aliphatic carbocycles. The van der Waals surface area contributed by atoms with Gasteiger partial charge in [0.25, 0.3) is 5.91 Å². The number of benzene rings is 2. The van der Waals surface area contributed by atoms with Crippen LogP contribution in [0.15, 0.2) is 35.5 Å². The molecule has 0 N–H and O–H groups in total. The molecule has 1 unspecified atom stereocenters. The molecule has 0 aromatic heterocycles. The molecule has 1 atom stereocenters. The SMILES string of the molecule is Cc1cccc2c1C(N=O)C(=O)N2Cc1cc(F)cc2c1OCOC2. The minimum atomic E-state index is -1.06. The Labute approximate surface area is 143 Å². The number of carbonyl (C=O) groups excluding carboxylic acids is 1. The van der Waals surface area contributed by atoms with Gasteiger partial charge >= 0.3 is 0 Å². The normalized spacial score (nSPS) is 18.6. The van der Waals surface area contributed by atoms with Crippen molar-refractivity contribution in [2.24, 2.45) is 5.18 Å². The number of anilines is 1. The van der Waals surface area contributed by atoms with E-state index in [2.05, 4.69) is 5.18 Å². The molecule has 0 spiro atoms. The summed E-state index contributed by atoms with van der Waals surface area (Å²) in [5, 5.41) is 3.00. The Kier molecular flexibility index (Phi) is 3.73. The Balaban J connectivity index is 1.78. The van der Waals surface area contributed by atoms with Gasteiger partial charge in [-0.3, -0.25) is 4.79 Å². The standard InChI is InChI=1S/C18H15FN2O4/c1-10-3-2-4-14-15(10)16(20-23)18(22)21(14)7-11-5-13(19)6-12-8-24-9-25-17(11)12/h2-6,16H,7-9H2,1H3. The van der Waals surface area contributed by atoms with E-state index >= 15 is 0 Å². The van der Waals surface area contributed by atoms with Crippen molar-refractivity contribution in [3.63, 3.8) is 0 Å². The molecule has 1 amide bonds. The smallest absolute Gasteiger partial charge is 0.260 e. The van der Waals surface area contributed by atoms with E-state index in [0.717, 1.165) is 5.56 Å². The van der Waals surface area contributed by atoms with E-state index in [-0.39, 0.29) is 19.9 Å². The predicted octanol–water partition coefficient (Wildman–Crippen LogP) is 3.35. The third-order valence-corrected chi connectivity index (χ3v) is 4.55. The van der Waals surface area contributed by atoms with Crippen molar-refractivity contribution in [1.29, 1.82) is 0 Å². The first kappa shape index (κ1) is 15.7.